The SMILES string of the molecule is COc1cccc(N(CCCC(=O)N(Cc2cccc(Br)c2)C(Cc2ccccc2)C(=O)NC2CCCC2)S(C)(=O)=O)c1. The Balaban J connectivity index is 1.59. The Morgan fingerprint density at radius 2 is 1.67 bits per heavy atom. The van der Waals surface area contributed by atoms with Crippen molar-refractivity contribution in [3.8, 4) is 5.75 Å². The molecule has 3 aromatic rings. The van der Waals surface area contributed by atoms with Crippen molar-refractivity contribution in [2.24, 2.45) is 0 Å². The lowest BCUT2D eigenvalue weighted by atomic mass is 10.0. The van der Waals surface area contributed by atoms with E-state index in [1.54, 1.807) is 29.2 Å². The Morgan fingerprint density at radius 3 is 2.35 bits per heavy atom. The van der Waals surface area contributed by atoms with Crippen molar-refractivity contribution in [1.82, 2.24) is 10.2 Å². The monoisotopic (exact) mass is 669 g/mol. The van der Waals surface area contributed by atoms with Gasteiger partial charge >= 0.3 is 0 Å². The van der Waals surface area contributed by atoms with Crippen molar-refractivity contribution in [2.75, 3.05) is 24.2 Å². The Hall–Kier alpha value is -3.37. The van der Waals surface area contributed by atoms with Crippen LogP contribution in [0.15, 0.2) is 83.3 Å². The van der Waals surface area contributed by atoms with Crippen molar-refractivity contribution in [1.29, 1.82) is 0 Å². The highest BCUT2D eigenvalue weighted by Crippen LogP contribution is 2.25. The zero-order valence-corrected chi connectivity index (χ0v) is 27.1. The Kier molecular flexibility index (Phi) is 11.6. The van der Waals surface area contributed by atoms with Crippen LogP contribution in [0, 0.1) is 0 Å². The molecule has 0 radical (unpaired) electrons. The lowest BCUT2D eigenvalue weighted by Crippen LogP contribution is -2.52. The number of ether oxygens (including phenoxy) is 1. The van der Waals surface area contributed by atoms with Crippen LogP contribution in [0.5, 0.6) is 5.75 Å². The second-order valence-electron chi connectivity index (χ2n) is 11.0. The van der Waals surface area contributed by atoms with Crippen molar-refractivity contribution in [3.05, 3.63) is 94.5 Å². The molecule has 1 unspecified atom stereocenters. The lowest BCUT2D eigenvalue weighted by molar-refractivity contribution is -0.141. The summed E-state index contributed by atoms with van der Waals surface area (Å²) < 4.78 is 32.9. The van der Waals surface area contributed by atoms with Crippen LogP contribution < -0.4 is 14.4 Å². The number of rotatable bonds is 14. The summed E-state index contributed by atoms with van der Waals surface area (Å²) in [6, 6.07) is 23.7. The number of amides is 2. The zero-order chi connectivity index (χ0) is 30.8. The third-order valence-corrected chi connectivity index (χ3v) is 9.40. The van der Waals surface area contributed by atoms with Crippen LogP contribution in [0.4, 0.5) is 5.69 Å². The van der Waals surface area contributed by atoms with Crippen LogP contribution in [0.25, 0.3) is 0 Å². The largest absolute Gasteiger partial charge is 0.497 e. The topological polar surface area (TPSA) is 96.0 Å². The van der Waals surface area contributed by atoms with Crippen molar-refractivity contribution in [2.45, 2.75) is 63.6 Å². The summed E-state index contributed by atoms with van der Waals surface area (Å²) in [5, 5.41) is 3.22. The molecule has 3 aromatic carbocycles. The van der Waals surface area contributed by atoms with E-state index in [2.05, 4.69) is 21.2 Å². The number of sulfonamides is 1. The summed E-state index contributed by atoms with van der Waals surface area (Å²) in [5.41, 5.74) is 2.32. The number of nitrogens with zero attached hydrogens (tertiary/aromatic N) is 2. The predicted octanol–water partition coefficient (Wildman–Crippen LogP) is 5.70. The molecule has 1 N–H and O–H groups in total. The molecule has 1 fully saturated rings. The first-order valence-corrected chi connectivity index (χ1v) is 17.3. The molecule has 43 heavy (non-hydrogen) atoms. The van der Waals surface area contributed by atoms with E-state index < -0.39 is 16.1 Å². The minimum atomic E-state index is -3.61. The fourth-order valence-corrected chi connectivity index (χ4v) is 6.93. The van der Waals surface area contributed by atoms with Gasteiger partial charge in [0.05, 0.1) is 19.1 Å². The summed E-state index contributed by atoms with van der Waals surface area (Å²) >= 11 is 3.52. The quantitative estimate of drug-likeness (QED) is 0.238. The summed E-state index contributed by atoms with van der Waals surface area (Å²) in [7, 11) is -2.09. The van der Waals surface area contributed by atoms with Crippen molar-refractivity contribution < 1.29 is 22.7 Å². The number of methoxy groups -OCH3 is 1. The molecule has 1 saturated carbocycles. The molecule has 1 aliphatic rings. The van der Waals surface area contributed by atoms with Gasteiger partial charge in [-0.1, -0.05) is 77.3 Å². The van der Waals surface area contributed by atoms with E-state index in [1.807, 2.05) is 54.6 Å². The molecule has 10 heteroatoms. The second-order valence-corrected chi connectivity index (χ2v) is 13.8. The average Bonchev–Trinajstić information content (AvgIpc) is 3.50. The normalized spacial score (nSPS) is 14.2. The van der Waals surface area contributed by atoms with Gasteiger partial charge in [-0.2, -0.15) is 0 Å². The molecule has 0 bridgehead atoms. The van der Waals surface area contributed by atoms with E-state index in [1.165, 1.54) is 11.4 Å². The molecule has 8 nitrogen and oxygen atoms in total. The maximum absolute atomic E-state index is 14.0. The first-order chi connectivity index (χ1) is 20.6. The number of carbonyl (C=O) groups excluding carboxylic acids is 2. The molecule has 230 valence electrons. The molecule has 0 spiro atoms. The van der Waals surface area contributed by atoms with E-state index in [0.717, 1.165) is 47.5 Å². The highest BCUT2D eigenvalue weighted by Gasteiger charge is 2.32. The number of anilines is 1. The standard InChI is InChI=1S/C33H40BrN3O5S/c1-42-30-18-9-17-29(23-30)37(43(2,40)41)20-10-19-32(38)36(24-26-13-8-14-27(34)21-26)31(22-25-11-4-3-5-12-25)33(39)35-28-15-6-7-16-28/h3-5,8-9,11-14,17-18,21,23,28,31H,6-7,10,15-16,19-20,22,24H2,1-2H3,(H,35,39). The highest BCUT2D eigenvalue weighted by molar-refractivity contribution is 9.10. The van der Waals surface area contributed by atoms with Gasteiger partial charge in [0.1, 0.15) is 11.8 Å². The first-order valence-electron chi connectivity index (χ1n) is 14.6. The molecule has 2 amide bonds. The molecule has 0 aliphatic heterocycles. The molecule has 0 aromatic heterocycles. The molecule has 1 aliphatic carbocycles. The zero-order valence-electron chi connectivity index (χ0n) is 24.7. The van der Waals surface area contributed by atoms with Crippen LogP contribution in [0.3, 0.4) is 0 Å². The minimum Gasteiger partial charge on any atom is -0.497 e. The van der Waals surface area contributed by atoms with Gasteiger partial charge in [-0.3, -0.25) is 13.9 Å². The van der Waals surface area contributed by atoms with Gasteiger partial charge in [0.15, 0.2) is 0 Å². The van der Waals surface area contributed by atoms with E-state index in [4.69, 9.17) is 4.74 Å². The van der Waals surface area contributed by atoms with Crippen LogP contribution in [0.1, 0.15) is 49.7 Å². The van der Waals surface area contributed by atoms with Crippen molar-refractivity contribution >= 4 is 43.5 Å². The Labute approximate surface area is 263 Å². The van der Waals surface area contributed by atoms with Crippen LogP contribution in [-0.2, 0) is 32.6 Å². The lowest BCUT2D eigenvalue weighted by Gasteiger charge is -2.33. The molecule has 0 saturated heterocycles. The van der Waals surface area contributed by atoms with Crippen LogP contribution in [-0.4, -0.2) is 57.1 Å². The van der Waals surface area contributed by atoms with Crippen LogP contribution >= 0.6 is 15.9 Å². The van der Waals surface area contributed by atoms with E-state index in [0.29, 0.717) is 17.9 Å². The summed E-state index contributed by atoms with van der Waals surface area (Å²) in [6.45, 7) is 0.361. The van der Waals surface area contributed by atoms with Gasteiger partial charge < -0.3 is 15.0 Å². The molecular weight excluding hydrogens is 630 g/mol. The molecular formula is C33H40BrN3O5S. The smallest absolute Gasteiger partial charge is 0.243 e. The Bertz CT molecular complexity index is 1480. The molecule has 4 rings (SSSR count). The van der Waals surface area contributed by atoms with Gasteiger partial charge in [-0.15, -0.1) is 0 Å². The number of halogens is 1. The number of nitrogens with one attached hydrogen (secondary N) is 1. The first kappa shape index (κ1) is 32.5. The third kappa shape index (κ3) is 9.56. The summed E-state index contributed by atoms with van der Waals surface area (Å²) in [6.07, 6.45) is 5.92. The van der Waals surface area contributed by atoms with Crippen molar-refractivity contribution in [3.63, 3.8) is 0 Å². The van der Waals surface area contributed by atoms with Gasteiger partial charge in [0.2, 0.25) is 21.8 Å². The van der Waals surface area contributed by atoms with Gasteiger partial charge in [-0.25, -0.2) is 8.42 Å². The summed E-state index contributed by atoms with van der Waals surface area (Å²) in [4.78, 5) is 29.5. The van der Waals surface area contributed by atoms with E-state index in [-0.39, 0.29) is 43.8 Å². The highest BCUT2D eigenvalue weighted by atomic mass is 79.9. The fourth-order valence-electron chi connectivity index (χ4n) is 5.52. The van der Waals surface area contributed by atoms with Gasteiger partial charge in [0.25, 0.3) is 0 Å². The Morgan fingerprint density at radius 1 is 0.977 bits per heavy atom. The number of benzene rings is 3. The fraction of sp³-hybridized carbons (Fsp3) is 0.394. The predicted molar refractivity (Wildman–Crippen MR) is 173 cm³/mol. The van der Waals surface area contributed by atoms with Crippen LogP contribution in [0.2, 0.25) is 0 Å². The number of carbonyl (C=O) groups is 2. The number of hydrogen-bond acceptors (Lipinski definition) is 5. The minimum absolute atomic E-state index is 0.0754. The van der Waals surface area contributed by atoms with Gasteiger partial charge in [-0.05, 0) is 54.7 Å². The van der Waals surface area contributed by atoms with E-state index >= 15 is 0 Å². The van der Waals surface area contributed by atoms with Gasteiger partial charge in [0, 0.05) is 42.5 Å². The molecule has 0 heterocycles. The summed E-state index contributed by atoms with van der Waals surface area (Å²) in [5.74, 6) is 0.175. The van der Waals surface area contributed by atoms with E-state index in [9.17, 15) is 18.0 Å². The second kappa shape index (κ2) is 15.4. The maximum atomic E-state index is 14.0. The third-order valence-electron chi connectivity index (χ3n) is 7.71. The average molecular weight is 671 g/mol. The maximum Gasteiger partial charge on any atom is 0.243 e. The number of hydrogen-bond donors (Lipinski definition) is 1. The molecule has 1 atom stereocenters.